The lowest BCUT2D eigenvalue weighted by Gasteiger charge is -2.14. The summed E-state index contributed by atoms with van der Waals surface area (Å²) in [6.45, 7) is 1.05. The summed E-state index contributed by atoms with van der Waals surface area (Å²) in [6.07, 6.45) is 3.15. The highest BCUT2D eigenvalue weighted by molar-refractivity contribution is 7.89. The van der Waals surface area contributed by atoms with Gasteiger partial charge in [-0.05, 0) is 31.2 Å². The summed E-state index contributed by atoms with van der Waals surface area (Å²) in [7, 11) is -1.06. The van der Waals surface area contributed by atoms with Gasteiger partial charge in [0.05, 0.1) is 10.7 Å². The molecule has 3 rings (SSSR count). The normalized spacial score (nSPS) is 11.6. The molecule has 10 nitrogen and oxygen atoms in total. The van der Waals surface area contributed by atoms with Gasteiger partial charge in [0.15, 0.2) is 12.3 Å². The highest BCUT2D eigenvalue weighted by atomic mass is 35.5. The standard InChI is InChI=1S/C18H18ClN5O5S/c1-11-16(17-20-7-4-8-24(17)22-11)18(26)29-10-15(25)21-12-5-6-13(19)14(9-12)30(27,28)23(2)3/h4-9H,10H2,1-3H3,(H,21,25). The number of rotatable bonds is 6. The van der Waals surface area contributed by atoms with Gasteiger partial charge in [0.1, 0.15) is 10.5 Å². The van der Waals surface area contributed by atoms with Crippen LogP contribution < -0.4 is 5.32 Å². The third-order valence-electron chi connectivity index (χ3n) is 4.08. The van der Waals surface area contributed by atoms with Crippen LogP contribution in [0.15, 0.2) is 41.6 Å². The molecule has 2 aromatic heterocycles. The summed E-state index contributed by atoms with van der Waals surface area (Å²) in [6, 6.07) is 5.69. The zero-order chi connectivity index (χ0) is 22.1. The molecule has 0 bridgehead atoms. The summed E-state index contributed by atoms with van der Waals surface area (Å²) in [5.41, 5.74) is 1.08. The lowest BCUT2D eigenvalue weighted by molar-refractivity contribution is -0.119. The molecule has 2 heterocycles. The van der Waals surface area contributed by atoms with Crippen LogP contribution in [-0.4, -0.2) is 59.9 Å². The van der Waals surface area contributed by atoms with Crippen molar-refractivity contribution in [2.75, 3.05) is 26.0 Å². The van der Waals surface area contributed by atoms with Crippen LogP contribution >= 0.6 is 11.6 Å². The molecular formula is C18H18ClN5O5S. The van der Waals surface area contributed by atoms with Gasteiger partial charge in [-0.3, -0.25) is 4.79 Å². The Balaban J connectivity index is 1.71. The number of benzene rings is 1. The van der Waals surface area contributed by atoms with Gasteiger partial charge in [0.25, 0.3) is 5.91 Å². The summed E-state index contributed by atoms with van der Waals surface area (Å²) in [5.74, 6) is -1.40. The third-order valence-corrected chi connectivity index (χ3v) is 6.38. The van der Waals surface area contributed by atoms with Crippen LogP contribution in [-0.2, 0) is 19.6 Å². The van der Waals surface area contributed by atoms with Crippen molar-refractivity contribution >= 4 is 44.8 Å². The zero-order valence-corrected chi connectivity index (χ0v) is 17.9. The number of sulfonamides is 1. The number of halogens is 1. The highest BCUT2D eigenvalue weighted by Crippen LogP contribution is 2.26. The number of hydrogen-bond donors (Lipinski definition) is 1. The van der Waals surface area contributed by atoms with Gasteiger partial charge in [-0.25, -0.2) is 27.0 Å². The van der Waals surface area contributed by atoms with Crippen LogP contribution in [0.3, 0.4) is 0 Å². The van der Waals surface area contributed by atoms with Crippen molar-refractivity contribution in [2.24, 2.45) is 0 Å². The number of amides is 1. The quantitative estimate of drug-likeness (QED) is 0.566. The average molecular weight is 452 g/mol. The number of aromatic nitrogens is 3. The molecule has 0 aliphatic carbocycles. The molecule has 3 aromatic rings. The molecule has 12 heteroatoms. The fraction of sp³-hybridized carbons (Fsp3) is 0.222. The van der Waals surface area contributed by atoms with Crippen LogP contribution in [0, 0.1) is 6.92 Å². The fourth-order valence-electron chi connectivity index (χ4n) is 2.61. The van der Waals surface area contributed by atoms with E-state index in [1.54, 1.807) is 19.2 Å². The van der Waals surface area contributed by atoms with Gasteiger partial charge < -0.3 is 10.1 Å². The first-order valence-corrected chi connectivity index (χ1v) is 10.4. The molecule has 0 saturated heterocycles. The van der Waals surface area contributed by atoms with Crippen LogP contribution in [0.5, 0.6) is 0 Å². The minimum atomic E-state index is -3.80. The van der Waals surface area contributed by atoms with Crippen molar-refractivity contribution in [1.82, 2.24) is 18.9 Å². The second kappa shape index (κ2) is 8.38. The second-order valence-electron chi connectivity index (χ2n) is 6.41. The molecule has 1 amide bonds. The molecule has 1 N–H and O–H groups in total. The molecular weight excluding hydrogens is 434 g/mol. The number of esters is 1. The van der Waals surface area contributed by atoms with Crippen molar-refractivity contribution < 1.29 is 22.7 Å². The van der Waals surface area contributed by atoms with Gasteiger partial charge in [-0.2, -0.15) is 5.10 Å². The molecule has 0 saturated carbocycles. The number of carbonyl (C=O) groups excluding carboxylic acids is 2. The van der Waals surface area contributed by atoms with Gasteiger partial charge >= 0.3 is 5.97 Å². The van der Waals surface area contributed by atoms with E-state index in [1.165, 1.54) is 43.0 Å². The molecule has 30 heavy (non-hydrogen) atoms. The Bertz CT molecular complexity index is 1240. The Hall–Kier alpha value is -3.02. The Kier molecular flexibility index (Phi) is 6.06. The maximum absolute atomic E-state index is 12.4. The van der Waals surface area contributed by atoms with E-state index < -0.39 is 28.5 Å². The first-order chi connectivity index (χ1) is 14.1. The summed E-state index contributed by atoms with van der Waals surface area (Å²) < 4.78 is 32.2. The molecule has 0 unspecified atom stereocenters. The lowest BCUT2D eigenvalue weighted by Crippen LogP contribution is -2.23. The molecule has 0 aliphatic heterocycles. The highest BCUT2D eigenvalue weighted by Gasteiger charge is 2.23. The van der Waals surface area contributed by atoms with E-state index in [-0.39, 0.29) is 21.2 Å². The molecule has 0 atom stereocenters. The summed E-state index contributed by atoms with van der Waals surface area (Å²) in [5, 5.41) is 6.66. The Morgan fingerprint density at radius 2 is 2.03 bits per heavy atom. The smallest absolute Gasteiger partial charge is 0.344 e. The van der Waals surface area contributed by atoms with Crippen molar-refractivity contribution in [1.29, 1.82) is 0 Å². The van der Waals surface area contributed by atoms with Gasteiger partial charge in [-0.15, -0.1) is 0 Å². The number of ether oxygens (including phenoxy) is 1. The monoisotopic (exact) mass is 451 g/mol. The first-order valence-electron chi connectivity index (χ1n) is 8.60. The minimum Gasteiger partial charge on any atom is -0.452 e. The number of nitrogens with zero attached hydrogens (tertiary/aromatic N) is 4. The second-order valence-corrected chi connectivity index (χ2v) is 8.93. The van der Waals surface area contributed by atoms with Crippen molar-refractivity contribution in [2.45, 2.75) is 11.8 Å². The van der Waals surface area contributed by atoms with Gasteiger partial charge in [0, 0.05) is 32.2 Å². The number of nitrogens with one attached hydrogen (secondary N) is 1. The van der Waals surface area contributed by atoms with Crippen LogP contribution in [0.2, 0.25) is 5.02 Å². The molecule has 0 spiro atoms. The third kappa shape index (κ3) is 4.27. The van der Waals surface area contributed by atoms with Crippen molar-refractivity contribution in [3.8, 4) is 0 Å². The van der Waals surface area contributed by atoms with E-state index in [0.717, 1.165) is 4.31 Å². The molecule has 0 radical (unpaired) electrons. The number of anilines is 1. The van der Waals surface area contributed by atoms with E-state index >= 15 is 0 Å². The Morgan fingerprint density at radius 3 is 2.73 bits per heavy atom. The summed E-state index contributed by atoms with van der Waals surface area (Å²) >= 11 is 5.98. The van der Waals surface area contributed by atoms with E-state index in [2.05, 4.69) is 15.4 Å². The molecule has 0 fully saturated rings. The largest absolute Gasteiger partial charge is 0.452 e. The number of fused-ring (bicyclic) bond motifs is 1. The number of hydrogen-bond acceptors (Lipinski definition) is 7. The number of aryl methyl sites for hydroxylation is 1. The molecule has 0 aliphatic rings. The maximum Gasteiger partial charge on any atom is 0.344 e. The van der Waals surface area contributed by atoms with E-state index in [9.17, 15) is 18.0 Å². The van der Waals surface area contributed by atoms with Crippen LogP contribution in [0.1, 0.15) is 16.1 Å². The zero-order valence-electron chi connectivity index (χ0n) is 16.3. The van der Waals surface area contributed by atoms with Crippen molar-refractivity contribution in [3.05, 3.63) is 52.9 Å². The predicted molar refractivity (Wildman–Crippen MR) is 109 cm³/mol. The number of carbonyl (C=O) groups is 2. The Labute approximate surface area is 177 Å². The van der Waals surface area contributed by atoms with Gasteiger partial charge in [-0.1, -0.05) is 11.6 Å². The SMILES string of the molecule is Cc1nn2cccnc2c1C(=O)OCC(=O)Nc1ccc(Cl)c(S(=O)(=O)N(C)C)c1. The van der Waals surface area contributed by atoms with Crippen LogP contribution in [0.4, 0.5) is 5.69 Å². The maximum atomic E-state index is 12.4. The van der Waals surface area contributed by atoms with Gasteiger partial charge in [0.2, 0.25) is 10.0 Å². The molecule has 158 valence electrons. The predicted octanol–water partition coefficient (Wildman–Crippen LogP) is 1.74. The topological polar surface area (TPSA) is 123 Å². The van der Waals surface area contributed by atoms with Crippen molar-refractivity contribution in [3.63, 3.8) is 0 Å². The Morgan fingerprint density at radius 1 is 1.30 bits per heavy atom. The average Bonchev–Trinajstić information content (AvgIpc) is 3.03. The first kappa shape index (κ1) is 21.7. The van der Waals surface area contributed by atoms with E-state index in [1.807, 2.05) is 0 Å². The fourth-order valence-corrected chi connectivity index (χ4v) is 4.01. The lowest BCUT2D eigenvalue weighted by atomic mass is 10.2. The summed E-state index contributed by atoms with van der Waals surface area (Å²) in [4.78, 5) is 28.5. The van der Waals surface area contributed by atoms with E-state index in [0.29, 0.717) is 11.3 Å². The molecule has 1 aromatic carbocycles. The van der Waals surface area contributed by atoms with Crippen LogP contribution in [0.25, 0.3) is 5.65 Å². The van der Waals surface area contributed by atoms with E-state index in [4.69, 9.17) is 16.3 Å². The minimum absolute atomic E-state index is 0.0178.